The second-order valence-corrected chi connectivity index (χ2v) is 9.56. The van der Waals surface area contributed by atoms with Crippen molar-refractivity contribution in [3.63, 3.8) is 0 Å². The summed E-state index contributed by atoms with van der Waals surface area (Å²) < 4.78 is 0. The van der Waals surface area contributed by atoms with Gasteiger partial charge >= 0.3 is 0 Å². The Kier molecular flexibility index (Phi) is 15.2. The van der Waals surface area contributed by atoms with Crippen molar-refractivity contribution < 1.29 is 4.79 Å². The second kappa shape index (κ2) is 18.6. The molecule has 0 radical (unpaired) electrons. The lowest BCUT2D eigenvalue weighted by molar-refractivity contribution is -0.116. The lowest BCUT2D eigenvalue weighted by Crippen LogP contribution is -2.11. The Hall–Kier alpha value is -2.69. The highest BCUT2D eigenvalue weighted by Gasteiger charge is 2.05. The van der Waals surface area contributed by atoms with Gasteiger partial charge in [0.05, 0.1) is 11.4 Å². The van der Waals surface area contributed by atoms with E-state index in [1.165, 1.54) is 83.5 Å². The number of nitrogens with zero attached hydrogens (tertiary/aromatic N) is 2. The first-order chi connectivity index (χ1) is 17.2. The van der Waals surface area contributed by atoms with Crippen LogP contribution >= 0.6 is 0 Å². The average Bonchev–Trinajstić information content (AvgIpc) is 2.86. The van der Waals surface area contributed by atoms with Gasteiger partial charge in [-0.3, -0.25) is 4.79 Å². The summed E-state index contributed by atoms with van der Waals surface area (Å²) in [5.41, 5.74) is 8.65. The Morgan fingerprint density at radius 2 is 1.26 bits per heavy atom. The number of azo groups is 1. The summed E-state index contributed by atoms with van der Waals surface area (Å²) in [4.78, 5) is 12.3. The van der Waals surface area contributed by atoms with Gasteiger partial charge in [-0.15, -0.1) is 5.11 Å². The SMILES string of the molecule is CCCCCCCCCCCCCCCCCC(=O)Nc1ccc(N=Nc2ccccc2)c(N)c1. The van der Waals surface area contributed by atoms with E-state index in [-0.39, 0.29) is 5.91 Å². The predicted octanol–water partition coefficient (Wildman–Crippen LogP) is 9.88. The molecule has 35 heavy (non-hydrogen) atoms. The van der Waals surface area contributed by atoms with E-state index in [4.69, 9.17) is 5.73 Å². The summed E-state index contributed by atoms with van der Waals surface area (Å²) in [6.45, 7) is 2.28. The van der Waals surface area contributed by atoms with E-state index in [0.29, 0.717) is 23.5 Å². The molecule has 5 nitrogen and oxygen atoms in total. The molecule has 0 aliphatic rings. The highest BCUT2D eigenvalue weighted by atomic mass is 16.1. The Morgan fingerprint density at radius 1 is 0.714 bits per heavy atom. The normalized spacial score (nSPS) is 11.2. The number of nitrogens with one attached hydrogen (secondary N) is 1. The third-order valence-electron chi connectivity index (χ3n) is 6.35. The van der Waals surface area contributed by atoms with Gasteiger partial charge in [-0.1, -0.05) is 115 Å². The van der Waals surface area contributed by atoms with E-state index < -0.39 is 0 Å². The third kappa shape index (κ3) is 13.7. The van der Waals surface area contributed by atoms with Gasteiger partial charge in [-0.2, -0.15) is 5.11 Å². The zero-order valence-electron chi connectivity index (χ0n) is 21.8. The van der Waals surface area contributed by atoms with Crippen molar-refractivity contribution in [1.29, 1.82) is 0 Å². The van der Waals surface area contributed by atoms with E-state index in [1.807, 2.05) is 36.4 Å². The molecule has 0 saturated heterocycles. The summed E-state index contributed by atoms with van der Waals surface area (Å²) in [7, 11) is 0. The predicted molar refractivity (Wildman–Crippen MR) is 150 cm³/mol. The van der Waals surface area contributed by atoms with Crippen LogP contribution in [0.15, 0.2) is 58.8 Å². The summed E-state index contributed by atoms with van der Waals surface area (Å²) >= 11 is 0. The van der Waals surface area contributed by atoms with Crippen molar-refractivity contribution in [3.8, 4) is 0 Å². The number of rotatable bonds is 19. The molecule has 0 aliphatic heterocycles. The minimum atomic E-state index is 0.0396. The maximum Gasteiger partial charge on any atom is 0.224 e. The van der Waals surface area contributed by atoms with Crippen LogP contribution in [0.4, 0.5) is 22.7 Å². The number of carbonyl (C=O) groups is 1. The number of hydrogen-bond acceptors (Lipinski definition) is 4. The molecule has 0 aromatic heterocycles. The summed E-state index contributed by atoms with van der Waals surface area (Å²) in [5.74, 6) is 0.0396. The molecule has 0 saturated carbocycles. The van der Waals surface area contributed by atoms with Gasteiger partial charge in [-0.05, 0) is 36.8 Å². The average molecular weight is 479 g/mol. The summed E-state index contributed by atoms with van der Waals surface area (Å²) in [6, 6.07) is 14.9. The van der Waals surface area contributed by atoms with E-state index in [9.17, 15) is 4.79 Å². The number of nitrogen functional groups attached to an aromatic ring is 1. The minimum absolute atomic E-state index is 0.0396. The number of nitrogens with two attached hydrogens (primary N) is 1. The van der Waals surface area contributed by atoms with Gasteiger partial charge in [-0.25, -0.2) is 0 Å². The second-order valence-electron chi connectivity index (χ2n) is 9.56. The first-order valence-corrected chi connectivity index (χ1v) is 13.8. The van der Waals surface area contributed by atoms with E-state index in [2.05, 4.69) is 22.5 Å². The van der Waals surface area contributed by atoms with Crippen molar-refractivity contribution in [3.05, 3.63) is 48.5 Å². The lowest BCUT2D eigenvalue weighted by Gasteiger charge is -2.07. The Labute approximate surface area is 213 Å². The van der Waals surface area contributed by atoms with Crippen molar-refractivity contribution >= 4 is 28.7 Å². The molecule has 5 heteroatoms. The Morgan fingerprint density at radius 3 is 1.80 bits per heavy atom. The first-order valence-electron chi connectivity index (χ1n) is 13.8. The maximum atomic E-state index is 12.3. The number of benzene rings is 2. The molecular weight excluding hydrogens is 432 g/mol. The molecule has 2 aromatic rings. The minimum Gasteiger partial charge on any atom is -0.397 e. The molecule has 0 atom stereocenters. The molecule has 0 unspecified atom stereocenters. The van der Waals surface area contributed by atoms with Crippen LogP contribution in [0.3, 0.4) is 0 Å². The van der Waals surface area contributed by atoms with Crippen LogP contribution in [0.1, 0.15) is 110 Å². The van der Waals surface area contributed by atoms with Crippen LogP contribution in [-0.2, 0) is 4.79 Å². The van der Waals surface area contributed by atoms with Crippen LogP contribution in [0.25, 0.3) is 0 Å². The molecule has 0 heterocycles. The fraction of sp³-hybridized carbons (Fsp3) is 0.567. The molecule has 0 bridgehead atoms. The number of unbranched alkanes of at least 4 members (excludes halogenated alkanes) is 14. The smallest absolute Gasteiger partial charge is 0.224 e. The van der Waals surface area contributed by atoms with Gasteiger partial charge in [0.1, 0.15) is 5.69 Å². The van der Waals surface area contributed by atoms with Gasteiger partial charge < -0.3 is 11.1 Å². The van der Waals surface area contributed by atoms with Crippen molar-refractivity contribution in [1.82, 2.24) is 0 Å². The van der Waals surface area contributed by atoms with Crippen LogP contribution < -0.4 is 11.1 Å². The molecule has 2 aromatic carbocycles. The van der Waals surface area contributed by atoms with Crippen molar-refractivity contribution in [2.24, 2.45) is 10.2 Å². The van der Waals surface area contributed by atoms with Crippen molar-refractivity contribution in [2.75, 3.05) is 11.1 Å². The van der Waals surface area contributed by atoms with Crippen LogP contribution in [-0.4, -0.2) is 5.91 Å². The summed E-state index contributed by atoms with van der Waals surface area (Å²) in [5, 5.41) is 11.3. The lowest BCUT2D eigenvalue weighted by atomic mass is 10.0. The number of hydrogen-bond donors (Lipinski definition) is 2. The van der Waals surface area contributed by atoms with Gasteiger partial charge in [0.2, 0.25) is 5.91 Å². The van der Waals surface area contributed by atoms with E-state index >= 15 is 0 Å². The van der Waals surface area contributed by atoms with Crippen molar-refractivity contribution in [2.45, 2.75) is 110 Å². The monoisotopic (exact) mass is 478 g/mol. The molecule has 192 valence electrons. The third-order valence-corrected chi connectivity index (χ3v) is 6.35. The van der Waals surface area contributed by atoms with Gasteiger partial charge in [0.15, 0.2) is 0 Å². The molecule has 0 fully saturated rings. The van der Waals surface area contributed by atoms with Gasteiger partial charge in [0.25, 0.3) is 0 Å². The molecule has 0 spiro atoms. The quantitative estimate of drug-likeness (QED) is 0.120. The molecule has 1 amide bonds. The standard InChI is InChI=1S/C30H46N4O/c1-2-3-4-5-6-7-8-9-10-11-12-13-14-15-19-22-30(35)32-27-23-24-29(28(31)25-27)34-33-26-20-17-16-18-21-26/h16-18,20-21,23-25H,2-15,19,22,31H2,1H3,(H,32,35). The Bertz CT molecular complexity index is 851. The largest absolute Gasteiger partial charge is 0.397 e. The first kappa shape index (κ1) is 28.5. The number of anilines is 2. The molecule has 3 N–H and O–H groups in total. The highest BCUT2D eigenvalue weighted by molar-refractivity contribution is 5.91. The number of amides is 1. The van der Waals surface area contributed by atoms with Crippen LogP contribution in [0.2, 0.25) is 0 Å². The molecule has 2 rings (SSSR count). The zero-order valence-corrected chi connectivity index (χ0v) is 21.8. The highest BCUT2D eigenvalue weighted by Crippen LogP contribution is 2.27. The van der Waals surface area contributed by atoms with E-state index in [1.54, 1.807) is 12.1 Å². The topological polar surface area (TPSA) is 79.8 Å². The van der Waals surface area contributed by atoms with Crippen LogP contribution in [0.5, 0.6) is 0 Å². The maximum absolute atomic E-state index is 12.3. The van der Waals surface area contributed by atoms with E-state index in [0.717, 1.165) is 18.5 Å². The summed E-state index contributed by atoms with van der Waals surface area (Å²) in [6.07, 6.45) is 20.4. The molecular formula is C30H46N4O. The Balaban J connectivity index is 1.48. The fourth-order valence-corrected chi connectivity index (χ4v) is 4.21. The molecule has 0 aliphatic carbocycles. The number of carbonyl (C=O) groups excluding carboxylic acids is 1. The fourth-order valence-electron chi connectivity index (χ4n) is 4.21. The van der Waals surface area contributed by atoms with Crippen LogP contribution in [0, 0.1) is 0 Å². The van der Waals surface area contributed by atoms with Gasteiger partial charge in [0, 0.05) is 12.1 Å². The zero-order chi connectivity index (χ0) is 25.0.